The molecule has 126 valence electrons. The smallest absolute Gasteiger partial charge is 0.255 e. The average molecular weight is 331 g/mol. The summed E-state index contributed by atoms with van der Waals surface area (Å²) in [6.45, 7) is 3.22. The van der Waals surface area contributed by atoms with Gasteiger partial charge in [0.05, 0.1) is 17.4 Å². The maximum absolute atomic E-state index is 12.6. The molecule has 4 rings (SSSR count). The molecule has 2 heterocycles. The average Bonchev–Trinajstić information content (AvgIpc) is 3.15. The summed E-state index contributed by atoms with van der Waals surface area (Å²) >= 11 is 0. The van der Waals surface area contributed by atoms with Crippen LogP contribution >= 0.6 is 0 Å². The number of hydrogen-bond acceptors (Lipinski definition) is 3. The van der Waals surface area contributed by atoms with Crippen molar-refractivity contribution < 1.29 is 4.79 Å². The number of amides is 1. The number of carbonyl (C=O) groups excluding carboxylic acids is 1. The first-order chi connectivity index (χ1) is 12.3. The van der Waals surface area contributed by atoms with E-state index < -0.39 is 0 Å². The summed E-state index contributed by atoms with van der Waals surface area (Å²) in [6.07, 6.45) is 4.25. The second kappa shape index (κ2) is 7.03. The zero-order valence-corrected chi connectivity index (χ0v) is 14.1. The Morgan fingerprint density at radius 3 is 2.76 bits per heavy atom. The molecule has 0 saturated carbocycles. The highest BCUT2D eigenvalue weighted by Gasteiger charge is 2.13. The Bertz CT molecular complexity index is 900. The highest BCUT2D eigenvalue weighted by atomic mass is 16.1. The van der Waals surface area contributed by atoms with Gasteiger partial charge in [0.25, 0.3) is 5.91 Å². The van der Waals surface area contributed by atoms with Crippen LogP contribution in [0.25, 0.3) is 10.9 Å². The molecule has 1 aliphatic heterocycles. The first-order valence-electron chi connectivity index (χ1n) is 8.75. The van der Waals surface area contributed by atoms with Gasteiger partial charge in [-0.15, -0.1) is 0 Å². The predicted molar refractivity (Wildman–Crippen MR) is 101 cm³/mol. The first-order valence-corrected chi connectivity index (χ1v) is 8.75. The summed E-state index contributed by atoms with van der Waals surface area (Å²) in [6, 6.07) is 17.7. The quantitative estimate of drug-likeness (QED) is 0.783. The number of benzene rings is 2. The molecule has 1 aliphatic rings. The summed E-state index contributed by atoms with van der Waals surface area (Å²) < 4.78 is 0. The van der Waals surface area contributed by atoms with E-state index in [0.29, 0.717) is 11.3 Å². The van der Waals surface area contributed by atoms with Crippen molar-refractivity contribution in [1.82, 2.24) is 9.88 Å². The fourth-order valence-electron chi connectivity index (χ4n) is 3.35. The molecule has 0 spiro atoms. The molecular weight excluding hydrogens is 310 g/mol. The van der Waals surface area contributed by atoms with Gasteiger partial charge < -0.3 is 5.32 Å². The molecule has 1 fully saturated rings. The zero-order valence-electron chi connectivity index (χ0n) is 14.1. The summed E-state index contributed by atoms with van der Waals surface area (Å²) in [5, 5.41) is 3.97. The fourth-order valence-corrected chi connectivity index (χ4v) is 3.35. The van der Waals surface area contributed by atoms with E-state index in [9.17, 15) is 4.79 Å². The van der Waals surface area contributed by atoms with E-state index in [-0.39, 0.29) is 5.91 Å². The van der Waals surface area contributed by atoms with Crippen molar-refractivity contribution in [2.45, 2.75) is 19.4 Å². The Labute approximate surface area is 147 Å². The van der Waals surface area contributed by atoms with Crippen molar-refractivity contribution in [3.8, 4) is 0 Å². The van der Waals surface area contributed by atoms with Crippen LogP contribution in [0.1, 0.15) is 28.8 Å². The lowest BCUT2D eigenvalue weighted by Gasteiger charge is -2.15. The minimum atomic E-state index is -0.0969. The highest BCUT2D eigenvalue weighted by molar-refractivity contribution is 6.05. The lowest BCUT2D eigenvalue weighted by molar-refractivity contribution is 0.102. The normalized spacial score (nSPS) is 14.7. The molecule has 1 N–H and O–H groups in total. The Kier molecular flexibility index (Phi) is 4.44. The standard InChI is InChI=1S/C21H21N3O/c25-21(23-19-13-17-7-1-2-9-20(17)22-14-19)18-8-5-6-16(12-18)15-24-10-3-4-11-24/h1-2,5-9,12-14H,3-4,10-11,15H2,(H,23,25). The minimum absolute atomic E-state index is 0.0969. The number of nitrogens with one attached hydrogen (secondary N) is 1. The van der Waals surface area contributed by atoms with Gasteiger partial charge >= 0.3 is 0 Å². The van der Waals surface area contributed by atoms with Crippen LogP contribution in [0.2, 0.25) is 0 Å². The zero-order chi connectivity index (χ0) is 17.1. The van der Waals surface area contributed by atoms with Crippen LogP contribution in [0, 0.1) is 0 Å². The number of aromatic nitrogens is 1. The van der Waals surface area contributed by atoms with Crippen molar-refractivity contribution in [3.63, 3.8) is 0 Å². The summed E-state index contributed by atoms with van der Waals surface area (Å²) in [5.74, 6) is -0.0969. The molecule has 4 nitrogen and oxygen atoms in total. The number of carbonyl (C=O) groups is 1. The van der Waals surface area contributed by atoms with E-state index in [1.165, 1.54) is 18.4 Å². The molecule has 2 aromatic carbocycles. The second-order valence-electron chi connectivity index (χ2n) is 6.55. The third-order valence-electron chi connectivity index (χ3n) is 4.64. The van der Waals surface area contributed by atoms with Gasteiger partial charge in [0.2, 0.25) is 0 Å². The van der Waals surface area contributed by atoms with Crippen molar-refractivity contribution in [3.05, 3.63) is 71.9 Å². The maximum Gasteiger partial charge on any atom is 0.255 e. The van der Waals surface area contributed by atoms with Crippen molar-refractivity contribution in [2.24, 2.45) is 0 Å². The van der Waals surface area contributed by atoms with Gasteiger partial charge in [-0.1, -0.05) is 30.3 Å². The van der Waals surface area contributed by atoms with Gasteiger partial charge in [-0.3, -0.25) is 14.7 Å². The Hall–Kier alpha value is -2.72. The topological polar surface area (TPSA) is 45.2 Å². The van der Waals surface area contributed by atoms with Gasteiger partial charge in [-0.2, -0.15) is 0 Å². The Balaban J connectivity index is 1.49. The maximum atomic E-state index is 12.6. The molecular formula is C21H21N3O. The molecule has 3 aromatic rings. The second-order valence-corrected chi connectivity index (χ2v) is 6.55. The van der Waals surface area contributed by atoms with Gasteiger partial charge in [-0.05, 0) is 55.8 Å². The van der Waals surface area contributed by atoms with Crippen LogP contribution in [0.15, 0.2) is 60.8 Å². The van der Waals surface area contributed by atoms with Gasteiger partial charge in [0.15, 0.2) is 0 Å². The molecule has 1 aromatic heterocycles. The number of para-hydroxylation sites is 1. The van der Waals surface area contributed by atoms with Crippen LogP contribution < -0.4 is 5.32 Å². The number of fused-ring (bicyclic) bond motifs is 1. The molecule has 0 atom stereocenters. The summed E-state index contributed by atoms with van der Waals surface area (Å²) in [4.78, 5) is 19.4. The summed E-state index contributed by atoms with van der Waals surface area (Å²) in [7, 11) is 0. The van der Waals surface area contributed by atoms with E-state index in [4.69, 9.17) is 0 Å². The van der Waals surface area contributed by atoms with Crippen LogP contribution in [0.5, 0.6) is 0 Å². The monoisotopic (exact) mass is 331 g/mol. The molecule has 0 unspecified atom stereocenters. The van der Waals surface area contributed by atoms with E-state index in [1.807, 2.05) is 48.5 Å². The summed E-state index contributed by atoms with van der Waals surface area (Å²) in [5.41, 5.74) is 3.51. The molecule has 1 saturated heterocycles. The van der Waals surface area contributed by atoms with Crippen molar-refractivity contribution >= 4 is 22.5 Å². The minimum Gasteiger partial charge on any atom is -0.321 e. The van der Waals surface area contributed by atoms with Gasteiger partial charge in [0.1, 0.15) is 0 Å². The first kappa shape index (κ1) is 15.8. The number of anilines is 1. The van der Waals surface area contributed by atoms with E-state index in [0.717, 1.165) is 30.5 Å². The van der Waals surface area contributed by atoms with Crippen molar-refractivity contribution in [1.29, 1.82) is 0 Å². The molecule has 25 heavy (non-hydrogen) atoms. The Morgan fingerprint density at radius 2 is 1.88 bits per heavy atom. The van der Waals surface area contributed by atoms with E-state index in [2.05, 4.69) is 21.3 Å². The van der Waals surface area contributed by atoms with E-state index >= 15 is 0 Å². The number of likely N-dealkylation sites (tertiary alicyclic amines) is 1. The van der Waals surface area contributed by atoms with Crippen LogP contribution in [0.4, 0.5) is 5.69 Å². The number of pyridine rings is 1. The molecule has 0 bridgehead atoms. The molecule has 0 radical (unpaired) electrons. The van der Waals surface area contributed by atoms with Crippen molar-refractivity contribution in [2.75, 3.05) is 18.4 Å². The Morgan fingerprint density at radius 1 is 1.04 bits per heavy atom. The molecule has 1 amide bonds. The third kappa shape index (κ3) is 3.69. The van der Waals surface area contributed by atoms with Gasteiger partial charge in [0, 0.05) is 17.5 Å². The van der Waals surface area contributed by atoms with E-state index in [1.54, 1.807) is 6.20 Å². The van der Waals surface area contributed by atoms with Crippen LogP contribution in [-0.4, -0.2) is 28.9 Å². The fraction of sp³-hybridized carbons (Fsp3) is 0.238. The number of rotatable bonds is 4. The largest absolute Gasteiger partial charge is 0.321 e. The highest BCUT2D eigenvalue weighted by Crippen LogP contribution is 2.18. The lowest BCUT2D eigenvalue weighted by atomic mass is 10.1. The lowest BCUT2D eigenvalue weighted by Crippen LogP contribution is -2.19. The molecule has 4 heteroatoms. The molecule has 0 aliphatic carbocycles. The number of nitrogens with zero attached hydrogens (tertiary/aromatic N) is 2. The third-order valence-corrected chi connectivity index (χ3v) is 4.64. The van der Waals surface area contributed by atoms with Crippen LogP contribution in [0.3, 0.4) is 0 Å². The van der Waals surface area contributed by atoms with Gasteiger partial charge in [-0.25, -0.2) is 0 Å². The predicted octanol–water partition coefficient (Wildman–Crippen LogP) is 4.08. The van der Waals surface area contributed by atoms with Crippen LogP contribution in [-0.2, 0) is 6.54 Å². The SMILES string of the molecule is O=C(Nc1cnc2ccccc2c1)c1cccc(CN2CCCC2)c1. The number of hydrogen-bond donors (Lipinski definition) is 1.